The first kappa shape index (κ1) is 34.8. The first-order valence-electron chi connectivity index (χ1n) is 12.4. The van der Waals surface area contributed by atoms with Gasteiger partial charge in [-0.25, -0.2) is 0 Å². The quantitative estimate of drug-likeness (QED) is 0.162. The van der Waals surface area contributed by atoms with E-state index in [0.717, 1.165) is 36.8 Å². The Morgan fingerprint density at radius 1 is 0.927 bits per heavy atom. The van der Waals surface area contributed by atoms with Crippen molar-refractivity contribution in [1.82, 2.24) is 10.6 Å². The van der Waals surface area contributed by atoms with E-state index < -0.39 is 41.5 Å². The zero-order valence-corrected chi connectivity index (χ0v) is 24.8. The van der Waals surface area contributed by atoms with Gasteiger partial charge in [0.1, 0.15) is 0 Å². The van der Waals surface area contributed by atoms with E-state index in [1.165, 1.54) is 6.92 Å². The number of carbonyl (C=O) groups excluding carboxylic acids is 2. The van der Waals surface area contributed by atoms with Crippen LogP contribution >= 0.6 is 34.8 Å². The number of benzene rings is 2. The van der Waals surface area contributed by atoms with Gasteiger partial charge in [-0.2, -0.15) is 26.3 Å². The molecule has 4 nitrogen and oxygen atoms in total. The topological polar surface area (TPSA) is 58.2 Å². The zero-order valence-electron chi connectivity index (χ0n) is 22.5. The lowest BCUT2D eigenvalue weighted by molar-refractivity contribution is -0.139. The molecule has 0 aliphatic heterocycles. The molecule has 0 saturated heterocycles. The number of amides is 2. The summed E-state index contributed by atoms with van der Waals surface area (Å²) < 4.78 is 83.0. The van der Waals surface area contributed by atoms with Gasteiger partial charge in [-0.15, -0.1) is 0 Å². The lowest BCUT2D eigenvalue weighted by Crippen LogP contribution is -2.46. The molecule has 0 aliphatic carbocycles. The summed E-state index contributed by atoms with van der Waals surface area (Å²) in [6, 6.07) is 4.44. The van der Waals surface area contributed by atoms with Crippen LogP contribution in [-0.4, -0.2) is 24.2 Å². The Balaban J connectivity index is 2.27. The maximum atomic E-state index is 13.9. The van der Waals surface area contributed by atoms with Crippen molar-refractivity contribution in [2.45, 2.75) is 71.4 Å². The fraction of sp³-hybridized carbons (Fsp3) is 0.429. The van der Waals surface area contributed by atoms with E-state index in [9.17, 15) is 35.9 Å². The van der Waals surface area contributed by atoms with Crippen LogP contribution in [0.1, 0.15) is 79.9 Å². The highest BCUT2D eigenvalue weighted by atomic mass is 35.5. The molecule has 2 aromatic carbocycles. The van der Waals surface area contributed by atoms with Gasteiger partial charge in [0.05, 0.1) is 38.3 Å². The minimum Gasteiger partial charge on any atom is -0.336 e. The molecule has 1 unspecified atom stereocenters. The molecule has 226 valence electrons. The average Bonchev–Trinajstić information content (AvgIpc) is 2.80. The summed E-state index contributed by atoms with van der Waals surface area (Å²) in [6.07, 6.45) is -7.75. The van der Waals surface area contributed by atoms with Crippen LogP contribution in [0.4, 0.5) is 26.3 Å². The van der Waals surface area contributed by atoms with Crippen LogP contribution in [0.3, 0.4) is 0 Å². The first-order valence-corrected chi connectivity index (χ1v) is 13.5. The van der Waals surface area contributed by atoms with Crippen LogP contribution in [0.15, 0.2) is 36.4 Å². The van der Waals surface area contributed by atoms with E-state index in [2.05, 4.69) is 10.6 Å². The standard InChI is InChI=1S/C28H29Cl3F6N2O2/c1-15(38-23(40)6-5-11-26(2,3)4)39-25(41)18-9-7-16(12-20(18)28(35,36)37)8-10-19(27(32,33)34)17-13-21(29)24(31)22(30)14-17/h7-10,12-15,19H,5-6,11H2,1-4H3,(H,38,40)(H,39,41)/b10-8+/t15-,19?/m1/s1. The van der Waals surface area contributed by atoms with Crippen LogP contribution in [-0.2, 0) is 11.0 Å². The normalized spacial score (nSPS) is 14.2. The van der Waals surface area contributed by atoms with Gasteiger partial charge in [0.25, 0.3) is 5.91 Å². The molecule has 0 radical (unpaired) electrons. The highest BCUT2D eigenvalue weighted by Gasteiger charge is 2.40. The molecule has 0 aliphatic rings. The zero-order chi connectivity index (χ0) is 31.3. The molecular weight excluding hydrogens is 617 g/mol. The van der Waals surface area contributed by atoms with E-state index in [1.807, 2.05) is 20.8 Å². The molecule has 2 rings (SSSR count). The Labute approximate surface area is 249 Å². The molecule has 2 N–H and O–H groups in total. The number of halogens is 9. The summed E-state index contributed by atoms with van der Waals surface area (Å²) in [7, 11) is 0. The van der Waals surface area contributed by atoms with E-state index in [0.29, 0.717) is 18.6 Å². The molecule has 0 aromatic heterocycles. The summed E-state index contributed by atoms with van der Waals surface area (Å²) in [5, 5.41) is 4.23. The van der Waals surface area contributed by atoms with Crippen molar-refractivity contribution in [2.24, 2.45) is 5.41 Å². The summed E-state index contributed by atoms with van der Waals surface area (Å²) >= 11 is 17.5. The second-order valence-corrected chi connectivity index (χ2v) is 11.8. The highest BCUT2D eigenvalue weighted by molar-refractivity contribution is 6.48. The van der Waals surface area contributed by atoms with Crippen molar-refractivity contribution >= 4 is 52.7 Å². The van der Waals surface area contributed by atoms with Crippen LogP contribution < -0.4 is 10.6 Å². The average molecular weight is 646 g/mol. The maximum Gasteiger partial charge on any atom is 0.417 e. The molecule has 0 spiro atoms. The van der Waals surface area contributed by atoms with Crippen LogP contribution in [0.25, 0.3) is 6.08 Å². The van der Waals surface area contributed by atoms with Gasteiger partial charge in [0, 0.05) is 6.42 Å². The van der Waals surface area contributed by atoms with Crippen molar-refractivity contribution in [3.8, 4) is 0 Å². The lowest BCUT2D eigenvalue weighted by Gasteiger charge is -2.20. The summed E-state index contributed by atoms with van der Waals surface area (Å²) in [6.45, 7) is 7.46. The van der Waals surface area contributed by atoms with Crippen molar-refractivity contribution < 1.29 is 35.9 Å². The Morgan fingerprint density at radius 2 is 1.51 bits per heavy atom. The Kier molecular flexibility index (Phi) is 11.6. The molecule has 2 amide bonds. The second kappa shape index (κ2) is 13.7. The molecule has 41 heavy (non-hydrogen) atoms. The second-order valence-electron chi connectivity index (χ2n) is 10.7. The number of rotatable bonds is 9. The molecule has 2 aromatic rings. The van der Waals surface area contributed by atoms with Crippen molar-refractivity contribution in [2.75, 3.05) is 0 Å². The van der Waals surface area contributed by atoms with Gasteiger partial charge in [-0.3, -0.25) is 9.59 Å². The fourth-order valence-electron chi connectivity index (χ4n) is 3.87. The highest BCUT2D eigenvalue weighted by Crippen LogP contribution is 2.41. The number of allylic oxidation sites excluding steroid dienone is 1. The van der Waals surface area contributed by atoms with Crippen LogP contribution in [0, 0.1) is 5.41 Å². The predicted octanol–water partition coefficient (Wildman–Crippen LogP) is 9.43. The minimum atomic E-state index is -5.00. The minimum absolute atomic E-state index is 0.0282. The largest absolute Gasteiger partial charge is 0.417 e. The van der Waals surface area contributed by atoms with Gasteiger partial charge in [0.2, 0.25) is 5.91 Å². The maximum absolute atomic E-state index is 13.9. The number of carbonyl (C=O) groups is 2. The summed E-state index contributed by atoms with van der Waals surface area (Å²) in [4.78, 5) is 24.8. The Morgan fingerprint density at radius 3 is 2.02 bits per heavy atom. The molecule has 0 fully saturated rings. The first-order chi connectivity index (χ1) is 18.7. The smallest absolute Gasteiger partial charge is 0.336 e. The van der Waals surface area contributed by atoms with Gasteiger partial charge < -0.3 is 10.6 Å². The van der Waals surface area contributed by atoms with Crippen molar-refractivity contribution in [3.63, 3.8) is 0 Å². The van der Waals surface area contributed by atoms with Crippen LogP contribution in [0.2, 0.25) is 15.1 Å². The molecule has 2 atom stereocenters. The third-order valence-electron chi connectivity index (χ3n) is 5.85. The lowest BCUT2D eigenvalue weighted by atomic mass is 9.90. The predicted molar refractivity (Wildman–Crippen MR) is 149 cm³/mol. The van der Waals surface area contributed by atoms with Crippen molar-refractivity contribution in [1.29, 1.82) is 0 Å². The van der Waals surface area contributed by atoms with E-state index in [4.69, 9.17) is 34.8 Å². The van der Waals surface area contributed by atoms with Gasteiger partial charge >= 0.3 is 12.4 Å². The molecule has 0 bridgehead atoms. The Hall–Kier alpha value is -2.43. The number of hydrogen-bond donors (Lipinski definition) is 2. The third-order valence-corrected chi connectivity index (χ3v) is 7.05. The summed E-state index contributed by atoms with van der Waals surface area (Å²) in [5.41, 5.74) is -2.70. The Bertz CT molecular complexity index is 1260. The van der Waals surface area contributed by atoms with Gasteiger partial charge in [0.15, 0.2) is 0 Å². The van der Waals surface area contributed by atoms with E-state index >= 15 is 0 Å². The van der Waals surface area contributed by atoms with E-state index in [1.54, 1.807) is 0 Å². The van der Waals surface area contributed by atoms with E-state index in [-0.39, 0.29) is 43.9 Å². The summed E-state index contributed by atoms with van der Waals surface area (Å²) in [5.74, 6) is -3.75. The van der Waals surface area contributed by atoms with Gasteiger partial charge in [-0.1, -0.05) is 73.8 Å². The number of nitrogens with one attached hydrogen (secondary N) is 2. The fourth-order valence-corrected chi connectivity index (χ4v) is 4.49. The van der Waals surface area contributed by atoms with Crippen LogP contribution in [0.5, 0.6) is 0 Å². The monoisotopic (exact) mass is 644 g/mol. The molecule has 13 heteroatoms. The third kappa shape index (κ3) is 10.7. The van der Waals surface area contributed by atoms with Crippen molar-refractivity contribution in [3.05, 3.63) is 73.7 Å². The molecule has 0 heterocycles. The SMILES string of the molecule is C[C@H](NC(=O)CCCC(C)(C)C)NC(=O)c1ccc(/C=C/C(c2cc(Cl)c(Cl)c(Cl)c2)C(F)(F)F)cc1C(F)(F)F. The molecule has 0 saturated carbocycles. The van der Waals surface area contributed by atoms with Gasteiger partial charge in [-0.05, 0) is 60.6 Å². The number of alkyl halides is 6. The molecular formula is C28H29Cl3F6N2O2. The number of hydrogen-bond acceptors (Lipinski definition) is 2.